The van der Waals surface area contributed by atoms with Crippen molar-refractivity contribution in [2.24, 2.45) is 0 Å². The summed E-state index contributed by atoms with van der Waals surface area (Å²) in [6.45, 7) is 2.30. The van der Waals surface area contributed by atoms with Gasteiger partial charge in [0.05, 0.1) is 0 Å². The van der Waals surface area contributed by atoms with Crippen molar-refractivity contribution in [3.8, 4) is 0 Å². The zero-order valence-electron chi connectivity index (χ0n) is 5.62. The summed E-state index contributed by atoms with van der Waals surface area (Å²) in [6, 6.07) is 1.61. The Morgan fingerprint density at radius 1 is 1.33 bits per heavy atom. The fourth-order valence-corrected chi connectivity index (χ4v) is 2.15. The molecule has 0 aliphatic carbocycles. The van der Waals surface area contributed by atoms with Crippen molar-refractivity contribution in [1.82, 2.24) is 9.21 Å². The SMILES string of the molecule is CN1C2CC1CN(S)C2. The third-order valence-electron chi connectivity index (χ3n) is 2.54. The minimum atomic E-state index is 0.807. The molecule has 0 aromatic rings. The molecule has 0 saturated carbocycles. The highest BCUT2D eigenvalue weighted by atomic mass is 32.1. The molecule has 2 atom stereocenters. The molecule has 2 nitrogen and oxygen atoms in total. The monoisotopic (exact) mass is 144 g/mol. The van der Waals surface area contributed by atoms with Gasteiger partial charge in [-0.05, 0) is 13.5 Å². The molecular formula is C6H12N2S. The van der Waals surface area contributed by atoms with Gasteiger partial charge in [-0.25, -0.2) is 0 Å². The van der Waals surface area contributed by atoms with Crippen LogP contribution in [-0.2, 0) is 0 Å². The average molecular weight is 144 g/mol. The molecule has 3 aliphatic heterocycles. The first kappa shape index (κ1) is 6.01. The molecule has 3 rings (SSSR count). The Balaban J connectivity index is 2.01. The molecule has 3 aliphatic rings. The van der Waals surface area contributed by atoms with Crippen LogP contribution in [0.5, 0.6) is 0 Å². The van der Waals surface area contributed by atoms with Gasteiger partial charge < -0.3 is 0 Å². The largest absolute Gasteiger partial charge is 0.298 e. The third kappa shape index (κ3) is 0.791. The molecule has 0 aromatic heterocycles. The zero-order chi connectivity index (χ0) is 6.43. The molecule has 0 spiro atoms. The van der Waals surface area contributed by atoms with Crippen LogP contribution < -0.4 is 0 Å². The number of nitrogens with zero attached hydrogens (tertiary/aromatic N) is 2. The second-order valence-corrected chi connectivity index (χ2v) is 3.65. The first-order chi connectivity index (χ1) is 4.27. The summed E-state index contributed by atoms with van der Waals surface area (Å²) in [6.07, 6.45) is 1.40. The molecule has 0 radical (unpaired) electrons. The zero-order valence-corrected chi connectivity index (χ0v) is 6.51. The molecule has 0 N–H and O–H groups in total. The van der Waals surface area contributed by atoms with Gasteiger partial charge in [0.15, 0.2) is 0 Å². The Morgan fingerprint density at radius 3 is 2.22 bits per heavy atom. The predicted molar refractivity (Wildman–Crippen MR) is 40.5 cm³/mol. The highest BCUT2D eigenvalue weighted by molar-refractivity contribution is 7.77. The van der Waals surface area contributed by atoms with E-state index in [2.05, 4.69) is 29.1 Å². The van der Waals surface area contributed by atoms with Crippen molar-refractivity contribution in [2.75, 3.05) is 20.1 Å². The Kier molecular flexibility index (Phi) is 1.25. The lowest BCUT2D eigenvalue weighted by molar-refractivity contribution is -0.0171. The number of fused-ring (bicyclic) bond motifs is 2. The lowest BCUT2D eigenvalue weighted by Crippen LogP contribution is -2.65. The molecule has 0 aromatic carbocycles. The van der Waals surface area contributed by atoms with Crippen LogP contribution in [0.3, 0.4) is 0 Å². The van der Waals surface area contributed by atoms with E-state index >= 15 is 0 Å². The Labute approximate surface area is 61.4 Å². The van der Waals surface area contributed by atoms with Gasteiger partial charge in [0.25, 0.3) is 0 Å². The average Bonchev–Trinajstić information content (AvgIpc) is 1.87. The minimum Gasteiger partial charge on any atom is -0.298 e. The molecule has 2 unspecified atom stereocenters. The van der Waals surface area contributed by atoms with Gasteiger partial charge in [-0.1, -0.05) is 12.8 Å². The Hall–Kier alpha value is 0.270. The molecule has 3 saturated heterocycles. The van der Waals surface area contributed by atoms with Crippen LogP contribution >= 0.6 is 12.8 Å². The van der Waals surface area contributed by atoms with Crippen molar-refractivity contribution >= 4 is 12.8 Å². The summed E-state index contributed by atoms with van der Waals surface area (Å²) in [5, 5.41) is 0. The topological polar surface area (TPSA) is 6.48 Å². The van der Waals surface area contributed by atoms with Crippen LogP contribution in [-0.4, -0.2) is 41.4 Å². The van der Waals surface area contributed by atoms with Crippen LogP contribution in [0.2, 0.25) is 0 Å². The summed E-state index contributed by atoms with van der Waals surface area (Å²) in [5.41, 5.74) is 0. The number of thiol groups is 1. The van der Waals surface area contributed by atoms with E-state index < -0.39 is 0 Å². The highest BCUT2D eigenvalue weighted by Gasteiger charge is 2.40. The van der Waals surface area contributed by atoms with Gasteiger partial charge in [-0.15, -0.1) is 0 Å². The van der Waals surface area contributed by atoms with E-state index in [4.69, 9.17) is 0 Å². The van der Waals surface area contributed by atoms with E-state index in [-0.39, 0.29) is 0 Å². The quantitative estimate of drug-likeness (QED) is 0.486. The Morgan fingerprint density at radius 2 is 1.89 bits per heavy atom. The van der Waals surface area contributed by atoms with Crippen LogP contribution in [0.25, 0.3) is 0 Å². The summed E-state index contributed by atoms with van der Waals surface area (Å²) in [4.78, 5) is 2.45. The van der Waals surface area contributed by atoms with E-state index in [1.807, 2.05) is 0 Å². The maximum atomic E-state index is 4.30. The molecule has 3 heterocycles. The number of likely N-dealkylation sites (N-methyl/N-ethyl adjacent to an activating group) is 1. The van der Waals surface area contributed by atoms with E-state index in [0.717, 1.165) is 25.2 Å². The van der Waals surface area contributed by atoms with Gasteiger partial charge in [0.2, 0.25) is 0 Å². The molecule has 3 heteroatoms. The van der Waals surface area contributed by atoms with Gasteiger partial charge >= 0.3 is 0 Å². The molecule has 52 valence electrons. The fourth-order valence-electron chi connectivity index (χ4n) is 1.77. The summed E-state index contributed by atoms with van der Waals surface area (Å²) in [5.74, 6) is 0. The van der Waals surface area contributed by atoms with Crippen LogP contribution in [0.1, 0.15) is 6.42 Å². The molecule has 3 fully saturated rings. The number of piperazine rings is 1. The highest BCUT2D eigenvalue weighted by Crippen LogP contribution is 2.30. The van der Waals surface area contributed by atoms with Crippen molar-refractivity contribution in [1.29, 1.82) is 0 Å². The van der Waals surface area contributed by atoms with Gasteiger partial charge in [0.1, 0.15) is 0 Å². The van der Waals surface area contributed by atoms with Crippen molar-refractivity contribution in [3.05, 3.63) is 0 Å². The van der Waals surface area contributed by atoms with E-state index in [0.29, 0.717) is 0 Å². The van der Waals surface area contributed by atoms with Crippen LogP contribution in [0.4, 0.5) is 0 Å². The van der Waals surface area contributed by atoms with E-state index in [1.54, 1.807) is 0 Å². The molecule has 9 heavy (non-hydrogen) atoms. The number of rotatable bonds is 0. The lowest BCUT2D eigenvalue weighted by Gasteiger charge is -2.53. The number of hydrogen-bond donors (Lipinski definition) is 1. The first-order valence-corrected chi connectivity index (χ1v) is 3.83. The number of hydrogen-bond acceptors (Lipinski definition) is 3. The number of piperidine rings is 1. The minimum absolute atomic E-state index is 0.807. The summed E-state index contributed by atoms with van der Waals surface area (Å²) >= 11 is 4.30. The van der Waals surface area contributed by atoms with Crippen LogP contribution in [0, 0.1) is 0 Å². The normalized spacial score (nSPS) is 44.7. The smallest absolute Gasteiger partial charge is 0.0248 e. The van der Waals surface area contributed by atoms with Crippen molar-refractivity contribution in [3.63, 3.8) is 0 Å². The Bertz CT molecular complexity index is 116. The summed E-state index contributed by atoms with van der Waals surface area (Å²) in [7, 11) is 2.21. The van der Waals surface area contributed by atoms with E-state index in [1.165, 1.54) is 6.42 Å². The molecule has 0 amide bonds. The standard InChI is InChI=1S/C6H12N2S/c1-7-5-2-6(7)4-8(9)3-5/h5-6,9H,2-4H2,1H3. The first-order valence-electron chi connectivity index (χ1n) is 3.43. The fraction of sp³-hybridized carbons (Fsp3) is 1.00. The van der Waals surface area contributed by atoms with Gasteiger partial charge in [0, 0.05) is 25.2 Å². The van der Waals surface area contributed by atoms with Crippen molar-refractivity contribution < 1.29 is 0 Å². The second kappa shape index (κ2) is 1.87. The van der Waals surface area contributed by atoms with Gasteiger partial charge in [-0.3, -0.25) is 9.21 Å². The maximum absolute atomic E-state index is 4.30. The lowest BCUT2D eigenvalue weighted by atomic mass is 9.90. The molecular weight excluding hydrogens is 132 g/mol. The maximum Gasteiger partial charge on any atom is 0.0248 e. The predicted octanol–water partition coefficient (Wildman–Crippen LogP) is 0.219. The van der Waals surface area contributed by atoms with Gasteiger partial charge in [-0.2, -0.15) is 0 Å². The third-order valence-corrected chi connectivity index (χ3v) is 2.87. The van der Waals surface area contributed by atoms with Crippen LogP contribution in [0.15, 0.2) is 0 Å². The second-order valence-electron chi connectivity index (χ2n) is 3.08. The van der Waals surface area contributed by atoms with E-state index in [9.17, 15) is 0 Å². The summed E-state index contributed by atoms with van der Waals surface area (Å²) < 4.78 is 2.12. The van der Waals surface area contributed by atoms with Crippen molar-refractivity contribution in [2.45, 2.75) is 18.5 Å². The molecule has 2 bridgehead atoms.